The van der Waals surface area contributed by atoms with E-state index in [2.05, 4.69) is 0 Å². The normalized spacial score (nSPS) is 14.8. The molecule has 1 heterocycles. The van der Waals surface area contributed by atoms with Crippen LogP contribution in [0.1, 0.15) is 6.92 Å². The fourth-order valence-electron chi connectivity index (χ4n) is 2.74. The van der Waals surface area contributed by atoms with Crippen LogP contribution in [0.2, 0.25) is 0 Å². The molecule has 2 amide bonds. The SMILES string of the molecule is CCOC(=O)N1CCN(C(=O)CN(c2cccc(SC)c2)S(C)(=O)=O)CC1. The van der Waals surface area contributed by atoms with Crippen molar-refractivity contribution in [3.8, 4) is 0 Å². The number of piperazine rings is 1. The quantitative estimate of drug-likeness (QED) is 0.654. The molecule has 0 spiro atoms. The fourth-order valence-corrected chi connectivity index (χ4v) is 4.04. The van der Waals surface area contributed by atoms with Crippen LogP contribution in [0.4, 0.5) is 10.5 Å². The Hall–Kier alpha value is -1.94. The van der Waals surface area contributed by atoms with Crippen LogP contribution in [0.25, 0.3) is 0 Å². The van der Waals surface area contributed by atoms with Crippen molar-refractivity contribution in [3.63, 3.8) is 0 Å². The first-order valence-corrected chi connectivity index (χ1v) is 11.6. The molecule has 0 radical (unpaired) electrons. The number of amides is 2. The Morgan fingerprint density at radius 1 is 1.19 bits per heavy atom. The molecule has 1 aliphatic heterocycles. The van der Waals surface area contributed by atoms with E-state index in [0.29, 0.717) is 38.5 Å². The maximum absolute atomic E-state index is 12.7. The molecule has 0 atom stereocenters. The van der Waals surface area contributed by atoms with Crippen LogP contribution >= 0.6 is 11.8 Å². The minimum Gasteiger partial charge on any atom is -0.450 e. The number of hydrogen-bond acceptors (Lipinski definition) is 6. The zero-order valence-corrected chi connectivity index (χ0v) is 17.4. The minimum absolute atomic E-state index is 0.268. The topological polar surface area (TPSA) is 87.2 Å². The van der Waals surface area contributed by atoms with Crippen LogP contribution in [-0.2, 0) is 19.6 Å². The lowest BCUT2D eigenvalue weighted by Gasteiger charge is -2.35. The molecule has 150 valence electrons. The summed E-state index contributed by atoms with van der Waals surface area (Å²) >= 11 is 1.50. The molecule has 1 aromatic rings. The van der Waals surface area contributed by atoms with Crippen LogP contribution in [-0.4, -0.2) is 82.1 Å². The van der Waals surface area contributed by atoms with Crippen molar-refractivity contribution in [2.75, 3.05) is 56.1 Å². The van der Waals surface area contributed by atoms with Crippen molar-refractivity contribution in [1.82, 2.24) is 9.80 Å². The first kappa shape index (κ1) is 21.4. The van der Waals surface area contributed by atoms with Crippen molar-refractivity contribution in [2.45, 2.75) is 11.8 Å². The summed E-state index contributed by atoms with van der Waals surface area (Å²) in [6, 6.07) is 7.07. The number of anilines is 1. The highest BCUT2D eigenvalue weighted by Gasteiger charge is 2.28. The standard InChI is InChI=1S/C17H25N3O5S2/c1-4-25-17(22)19-10-8-18(9-11-19)16(21)13-20(27(3,23)24)14-6-5-7-15(12-14)26-2/h5-7,12H,4,8-11,13H2,1-3H3. The van der Waals surface area contributed by atoms with E-state index in [-0.39, 0.29) is 12.5 Å². The number of hydrogen-bond donors (Lipinski definition) is 0. The highest BCUT2D eigenvalue weighted by Crippen LogP contribution is 2.24. The number of sulfonamides is 1. The van der Waals surface area contributed by atoms with Crippen molar-refractivity contribution in [1.29, 1.82) is 0 Å². The summed E-state index contributed by atoms with van der Waals surface area (Å²) in [7, 11) is -3.62. The van der Waals surface area contributed by atoms with E-state index in [1.54, 1.807) is 34.9 Å². The lowest BCUT2D eigenvalue weighted by atomic mass is 10.3. The molecule has 1 aliphatic rings. The third kappa shape index (κ3) is 5.77. The molecule has 0 aromatic heterocycles. The van der Waals surface area contributed by atoms with E-state index in [1.807, 2.05) is 12.3 Å². The van der Waals surface area contributed by atoms with Gasteiger partial charge in [-0.3, -0.25) is 9.10 Å². The number of carbonyl (C=O) groups is 2. The summed E-state index contributed by atoms with van der Waals surface area (Å²) in [5.41, 5.74) is 0.461. The Labute approximate surface area is 164 Å². The molecule has 8 nitrogen and oxygen atoms in total. The summed E-state index contributed by atoms with van der Waals surface area (Å²) in [6.07, 6.45) is 2.60. The number of rotatable bonds is 6. The predicted molar refractivity (Wildman–Crippen MR) is 106 cm³/mol. The maximum atomic E-state index is 12.7. The Morgan fingerprint density at radius 3 is 2.37 bits per heavy atom. The van der Waals surface area contributed by atoms with Gasteiger partial charge in [0.15, 0.2) is 0 Å². The molecule has 1 fully saturated rings. The number of carbonyl (C=O) groups excluding carboxylic acids is 2. The summed E-state index contributed by atoms with van der Waals surface area (Å²) in [6.45, 7) is 3.20. The van der Waals surface area contributed by atoms with Gasteiger partial charge in [-0.15, -0.1) is 11.8 Å². The van der Waals surface area contributed by atoms with E-state index in [4.69, 9.17) is 4.74 Å². The van der Waals surface area contributed by atoms with Gasteiger partial charge >= 0.3 is 6.09 Å². The Bertz CT molecular complexity index is 777. The second kappa shape index (κ2) is 9.32. The lowest BCUT2D eigenvalue weighted by molar-refractivity contribution is -0.131. The highest BCUT2D eigenvalue weighted by molar-refractivity contribution is 7.98. The van der Waals surface area contributed by atoms with E-state index < -0.39 is 16.1 Å². The highest BCUT2D eigenvalue weighted by atomic mass is 32.2. The van der Waals surface area contributed by atoms with E-state index in [0.717, 1.165) is 15.5 Å². The minimum atomic E-state index is -3.62. The smallest absolute Gasteiger partial charge is 0.409 e. The van der Waals surface area contributed by atoms with Gasteiger partial charge in [0.2, 0.25) is 15.9 Å². The summed E-state index contributed by atoms with van der Waals surface area (Å²) in [5, 5.41) is 0. The molecular weight excluding hydrogens is 390 g/mol. The third-order valence-corrected chi connectivity index (χ3v) is 6.04. The average molecular weight is 416 g/mol. The van der Waals surface area contributed by atoms with Crippen LogP contribution in [0, 0.1) is 0 Å². The van der Waals surface area contributed by atoms with Gasteiger partial charge in [-0.2, -0.15) is 0 Å². The van der Waals surface area contributed by atoms with Gasteiger partial charge in [0.1, 0.15) is 6.54 Å². The number of benzene rings is 1. The molecule has 0 N–H and O–H groups in total. The molecule has 0 saturated carbocycles. The summed E-state index contributed by atoms with van der Waals surface area (Å²) in [5.74, 6) is -0.293. The van der Waals surface area contributed by atoms with Gasteiger partial charge in [0.25, 0.3) is 0 Å². The Balaban J connectivity index is 2.06. The van der Waals surface area contributed by atoms with Gasteiger partial charge in [-0.1, -0.05) is 6.07 Å². The van der Waals surface area contributed by atoms with Gasteiger partial charge in [0.05, 0.1) is 18.6 Å². The molecular formula is C17H25N3O5S2. The molecule has 0 unspecified atom stereocenters. The van der Waals surface area contributed by atoms with Crippen LogP contribution in [0.15, 0.2) is 29.2 Å². The van der Waals surface area contributed by atoms with Crippen molar-refractivity contribution < 1.29 is 22.7 Å². The predicted octanol–water partition coefficient (Wildman–Crippen LogP) is 1.48. The zero-order chi connectivity index (χ0) is 20.0. The van der Waals surface area contributed by atoms with Gasteiger partial charge < -0.3 is 14.5 Å². The van der Waals surface area contributed by atoms with Crippen LogP contribution < -0.4 is 4.31 Å². The number of ether oxygens (including phenoxy) is 1. The van der Waals surface area contributed by atoms with E-state index in [9.17, 15) is 18.0 Å². The average Bonchev–Trinajstić information content (AvgIpc) is 2.65. The van der Waals surface area contributed by atoms with Crippen LogP contribution in [0.3, 0.4) is 0 Å². The Morgan fingerprint density at radius 2 is 1.81 bits per heavy atom. The number of nitrogens with zero attached hydrogens (tertiary/aromatic N) is 3. The van der Waals surface area contributed by atoms with Crippen molar-refractivity contribution in [2.24, 2.45) is 0 Å². The van der Waals surface area contributed by atoms with Crippen molar-refractivity contribution >= 4 is 39.5 Å². The zero-order valence-electron chi connectivity index (χ0n) is 15.8. The molecule has 27 heavy (non-hydrogen) atoms. The molecule has 2 rings (SSSR count). The Kier molecular flexibility index (Phi) is 7.37. The third-order valence-electron chi connectivity index (χ3n) is 4.18. The monoisotopic (exact) mass is 415 g/mol. The molecule has 0 bridgehead atoms. The summed E-state index contributed by atoms with van der Waals surface area (Å²) in [4.78, 5) is 28.4. The summed E-state index contributed by atoms with van der Waals surface area (Å²) < 4.78 is 30.6. The fraction of sp³-hybridized carbons (Fsp3) is 0.529. The van der Waals surface area contributed by atoms with E-state index in [1.165, 1.54) is 11.8 Å². The first-order chi connectivity index (χ1) is 12.8. The second-order valence-corrected chi connectivity index (χ2v) is 8.82. The van der Waals surface area contributed by atoms with Gasteiger partial charge in [-0.05, 0) is 31.4 Å². The first-order valence-electron chi connectivity index (χ1n) is 8.57. The molecule has 1 aromatic carbocycles. The second-order valence-electron chi connectivity index (χ2n) is 6.04. The maximum Gasteiger partial charge on any atom is 0.409 e. The van der Waals surface area contributed by atoms with Crippen molar-refractivity contribution in [3.05, 3.63) is 24.3 Å². The van der Waals surface area contributed by atoms with Gasteiger partial charge in [0, 0.05) is 31.1 Å². The van der Waals surface area contributed by atoms with E-state index >= 15 is 0 Å². The largest absolute Gasteiger partial charge is 0.450 e. The lowest BCUT2D eigenvalue weighted by Crippen LogP contribution is -2.53. The van der Waals surface area contributed by atoms with Crippen LogP contribution in [0.5, 0.6) is 0 Å². The van der Waals surface area contributed by atoms with Gasteiger partial charge in [-0.25, -0.2) is 13.2 Å². The molecule has 10 heteroatoms. The molecule has 0 aliphatic carbocycles. The number of thioether (sulfide) groups is 1. The molecule has 1 saturated heterocycles.